The van der Waals surface area contributed by atoms with Gasteiger partial charge < -0.3 is 24.4 Å². The van der Waals surface area contributed by atoms with Crippen molar-refractivity contribution in [3.05, 3.63) is 30.1 Å². The number of nitrogens with zero attached hydrogens (tertiary/aromatic N) is 3. The van der Waals surface area contributed by atoms with E-state index >= 15 is 0 Å². The van der Waals surface area contributed by atoms with Crippen molar-refractivity contribution in [2.24, 2.45) is 0 Å². The zero-order chi connectivity index (χ0) is 20.9. The Morgan fingerprint density at radius 1 is 1.30 bits per heavy atom. The molecule has 4 rings (SSSR count). The van der Waals surface area contributed by atoms with E-state index in [-0.39, 0.29) is 18.0 Å². The second kappa shape index (κ2) is 9.68. The molecule has 1 saturated heterocycles. The first-order valence-electron chi connectivity index (χ1n) is 10.7. The highest BCUT2D eigenvalue weighted by molar-refractivity contribution is 5.84. The Labute approximate surface area is 176 Å². The van der Waals surface area contributed by atoms with Crippen LogP contribution in [-0.2, 0) is 14.3 Å². The third-order valence-electron chi connectivity index (χ3n) is 5.51. The van der Waals surface area contributed by atoms with Gasteiger partial charge >= 0.3 is 0 Å². The van der Waals surface area contributed by atoms with Gasteiger partial charge in [0.1, 0.15) is 6.10 Å². The number of nitrogens with one attached hydrogen (secondary N) is 1. The average Bonchev–Trinajstić information content (AvgIpc) is 3.62. The fraction of sp³-hybridized carbons (Fsp3) is 0.591. The zero-order valence-corrected chi connectivity index (χ0v) is 17.7. The number of hydrogen-bond donors (Lipinski definition) is 1. The number of hydrogen-bond acceptors (Lipinski definition) is 7. The van der Waals surface area contributed by atoms with Gasteiger partial charge in [-0.1, -0.05) is 12.1 Å². The standard InChI is InChI=1S/C22H30N4O4/c1-15(26(16-8-9-16)22(27)19-14-23-10-13-29-19)20-24-18-7-4-3-6-17(18)21(25-20)30-12-5-11-28-2/h3-4,6-7,15-16,19,23H,5,8-14H2,1-2H3/t15-,19-/m1/s1. The minimum absolute atomic E-state index is 0.0107. The molecule has 8 heteroatoms. The summed E-state index contributed by atoms with van der Waals surface area (Å²) in [7, 11) is 1.68. The molecule has 0 unspecified atom stereocenters. The van der Waals surface area contributed by atoms with E-state index in [1.54, 1.807) is 7.11 Å². The number of carbonyl (C=O) groups excluding carboxylic acids is 1. The van der Waals surface area contributed by atoms with Crippen LogP contribution in [0.2, 0.25) is 0 Å². The first kappa shape index (κ1) is 21.0. The summed E-state index contributed by atoms with van der Waals surface area (Å²) >= 11 is 0. The van der Waals surface area contributed by atoms with Gasteiger partial charge in [0.2, 0.25) is 5.88 Å². The monoisotopic (exact) mass is 414 g/mol. The van der Waals surface area contributed by atoms with Gasteiger partial charge in [0.15, 0.2) is 5.82 Å². The van der Waals surface area contributed by atoms with E-state index in [0.717, 1.165) is 36.7 Å². The minimum Gasteiger partial charge on any atom is -0.477 e. The Morgan fingerprint density at radius 2 is 2.13 bits per heavy atom. The molecule has 30 heavy (non-hydrogen) atoms. The van der Waals surface area contributed by atoms with Gasteiger partial charge in [0, 0.05) is 39.3 Å². The highest BCUT2D eigenvalue weighted by atomic mass is 16.5. The summed E-state index contributed by atoms with van der Waals surface area (Å²) < 4.78 is 16.8. The van der Waals surface area contributed by atoms with E-state index in [4.69, 9.17) is 24.2 Å². The lowest BCUT2D eigenvalue weighted by Gasteiger charge is -2.33. The molecule has 0 bridgehead atoms. The lowest BCUT2D eigenvalue weighted by Crippen LogP contribution is -2.50. The van der Waals surface area contributed by atoms with E-state index < -0.39 is 6.10 Å². The van der Waals surface area contributed by atoms with E-state index in [2.05, 4.69) is 5.32 Å². The maximum atomic E-state index is 13.2. The molecule has 0 spiro atoms. The normalized spacial score (nSPS) is 20.1. The number of rotatable bonds is 9. The molecule has 1 aromatic heterocycles. The molecule has 2 aromatic rings. The molecule has 0 radical (unpaired) electrons. The van der Waals surface area contributed by atoms with Crippen molar-refractivity contribution in [2.45, 2.75) is 44.4 Å². The van der Waals surface area contributed by atoms with E-state index in [0.29, 0.717) is 38.1 Å². The molecule has 2 heterocycles. The quantitative estimate of drug-likeness (QED) is 0.629. The van der Waals surface area contributed by atoms with E-state index in [1.165, 1.54) is 0 Å². The molecule has 1 N–H and O–H groups in total. The minimum atomic E-state index is -0.452. The van der Waals surface area contributed by atoms with Crippen molar-refractivity contribution in [2.75, 3.05) is 40.0 Å². The van der Waals surface area contributed by atoms with Crippen LogP contribution in [0.15, 0.2) is 24.3 Å². The van der Waals surface area contributed by atoms with Gasteiger partial charge in [-0.15, -0.1) is 0 Å². The van der Waals surface area contributed by atoms with Crippen LogP contribution in [0.1, 0.15) is 38.1 Å². The van der Waals surface area contributed by atoms with Gasteiger partial charge in [0.25, 0.3) is 5.91 Å². The molecule has 2 atom stereocenters. The largest absolute Gasteiger partial charge is 0.477 e. The predicted octanol–water partition coefficient (Wildman–Crippen LogP) is 2.09. The number of aromatic nitrogens is 2. The molecular formula is C22H30N4O4. The smallest absolute Gasteiger partial charge is 0.253 e. The number of fused-ring (bicyclic) bond motifs is 1. The van der Waals surface area contributed by atoms with Gasteiger partial charge in [-0.3, -0.25) is 4.79 Å². The number of benzene rings is 1. The molecule has 2 fully saturated rings. The van der Waals surface area contributed by atoms with Gasteiger partial charge in [-0.2, -0.15) is 4.98 Å². The van der Waals surface area contributed by atoms with Crippen molar-refractivity contribution in [3.63, 3.8) is 0 Å². The highest BCUT2D eigenvalue weighted by Crippen LogP contribution is 2.35. The maximum Gasteiger partial charge on any atom is 0.253 e. The van der Waals surface area contributed by atoms with Crippen LogP contribution < -0.4 is 10.1 Å². The number of para-hydroxylation sites is 1. The van der Waals surface area contributed by atoms with Crippen LogP contribution in [0.5, 0.6) is 5.88 Å². The second-order valence-electron chi connectivity index (χ2n) is 7.82. The van der Waals surface area contributed by atoms with Crippen LogP contribution >= 0.6 is 0 Å². The molecule has 1 aliphatic carbocycles. The summed E-state index contributed by atoms with van der Waals surface area (Å²) in [6.07, 6.45) is 2.33. The molecule has 1 aliphatic heterocycles. The average molecular weight is 415 g/mol. The third kappa shape index (κ3) is 4.71. The first-order valence-corrected chi connectivity index (χ1v) is 10.7. The molecule has 1 amide bonds. The summed E-state index contributed by atoms with van der Waals surface area (Å²) in [5, 5.41) is 4.11. The molecular weight excluding hydrogens is 384 g/mol. The topological polar surface area (TPSA) is 85.8 Å². The summed E-state index contributed by atoms with van der Waals surface area (Å²) in [5.41, 5.74) is 0.815. The van der Waals surface area contributed by atoms with E-state index in [1.807, 2.05) is 36.1 Å². The van der Waals surface area contributed by atoms with Crippen LogP contribution in [0.25, 0.3) is 10.9 Å². The first-order chi connectivity index (χ1) is 14.7. The Hall–Kier alpha value is -2.29. The van der Waals surface area contributed by atoms with Crippen LogP contribution in [0, 0.1) is 0 Å². The van der Waals surface area contributed by atoms with Crippen molar-refractivity contribution in [3.8, 4) is 5.88 Å². The van der Waals surface area contributed by atoms with Crippen LogP contribution in [-0.4, -0.2) is 72.9 Å². The van der Waals surface area contributed by atoms with Crippen molar-refractivity contribution >= 4 is 16.8 Å². The van der Waals surface area contributed by atoms with Crippen molar-refractivity contribution in [1.29, 1.82) is 0 Å². The Morgan fingerprint density at radius 3 is 2.87 bits per heavy atom. The second-order valence-corrected chi connectivity index (χ2v) is 7.82. The fourth-order valence-corrected chi connectivity index (χ4v) is 3.79. The summed E-state index contributed by atoms with van der Waals surface area (Å²) in [5.74, 6) is 1.16. The summed E-state index contributed by atoms with van der Waals surface area (Å²) in [6, 6.07) is 7.77. The summed E-state index contributed by atoms with van der Waals surface area (Å²) in [4.78, 5) is 24.7. The highest BCUT2D eigenvalue weighted by Gasteiger charge is 2.41. The lowest BCUT2D eigenvalue weighted by atomic mass is 10.1. The Balaban J connectivity index is 1.60. The van der Waals surface area contributed by atoms with Crippen molar-refractivity contribution < 1.29 is 19.0 Å². The van der Waals surface area contributed by atoms with Crippen LogP contribution in [0.3, 0.4) is 0 Å². The number of amides is 1. The van der Waals surface area contributed by atoms with Gasteiger partial charge in [-0.25, -0.2) is 4.98 Å². The van der Waals surface area contributed by atoms with Crippen LogP contribution in [0.4, 0.5) is 0 Å². The number of methoxy groups -OCH3 is 1. The Bertz CT molecular complexity index is 867. The molecule has 162 valence electrons. The fourth-order valence-electron chi connectivity index (χ4n) is 3.79. The number of carbonyl (C=O) groups is 1. The zero-order valence-electron chi connectivity index (χ0n) is 17.7. The molecule has 8 nitrogen and oxygen atoms in total. The number of ether oxygens (including phenoxy) is 3. The van der Waals surface area contributed by atoms with Crippen molar-refractivity contribution in [1.82, 2.24) is 20.2 Å². The van der Waals surface area contributed by atoms with E-state index in [9.17, 15) is 4.79 Å². The molecule has 2 aliphatic rings. The predicted molar refractivity (Wildman–Crippen MR) is 112 cm³/mol. The SMILES string of the molecule is COCCCOc1nc([C@@H](C)N(C(=O)[C@H]2CNCCO2)C2CC2)nc2ccccc12. The Kier molecular flexibility index (Phi) is 6.76. The summed E-state index contributed by atoms with van der Waals surface area (Å²) in [6.45, 7) is 5.00. The number of morpholine rings is 1. The lowest BCUT2D eigenvalue weighted by molar-refractivity contribution is -0.148. The third-order valence-corrected chi connectivity index (χ3v) is 5.51. The maximum absolute atomic E-state index is 13.2. The molecule has 1 aromatic carbocycles. The molecule has 1 saturated carbocycles. The van der Waals surface area contributed by atoms with Gasteiger partial charge in [0.05, 0.1) is 30.2 Å². The van der Waals surface area contributed by atoms with Gasteiger partial charge in [-0.05, 0) is 31.9 Å².